The Hall–Kier alpha value is -3.12. The molecule has 0 radical (unpaired) electrons. The Bertz CT molecular complexity index is 1260. The van der Waals surface area contributed by atoms with E-state index in [2.05, 4.69) is 37.1 Å². The van der Waals surface area contributed by atoms with Gasteiger partial charge in [0.2, 0.25) is 16.0 Å². The minimum atomic E-state index is -3.70. The fourth-order valence-corrected chi connectivity index (χ4v) is 4.05. The number of anilines is 4. The summed E-state index contributed by atoms with van der Waals surface area (Å²) in [6.45, 7) is 4.36. The monoisotopic (exact) mass is 520 g/mol. The average molecular weight is 521 g/mol. The molecule has 0 aliphatic heterocycles. The lowest BCUT2D eigenvalue weighted by molar-refractivity contribution is 0.243. The summed E-state index contributed by atoms with van der Waals surface area (Å²) in [4.78, 5) is 10.9. The molecule has 1 heterocycles. The van der Waals surface area contributed by atoms with E-state index in [1.54, 1.807) is 37.4 Å². The number of methoxy groups -OCH3 is 1. The van der Waals surface area contributed by atoms with Crippen LogP contribution in [0.5, 0.6) is 11.5 Å². The molecule has 0 aliphatic carbocycles. The van der Waals surface area contributed by atoms with E-state index in [1.165, 1.54) is 19.3 Å². The molecule has 0 unspecified atom stereocenters. The van der Waals surface area contributed by atoms with E-state index in [-0.39, 0.29) is 21.7 Å². The summed E-state index contributed by atoms with van der Waals surface area (Å²) in [7, 11) is 1.24. The highest BCUT2D eigenvalue weighted by Crippen LogP contribution is 2.33. The Kier molecular flexibility index (Phi) is 9.10. The Morgan fingerprint density at radius 1 is 1.11 bits per heavy atom. The number of nitrogens with one attached hydrogen (secondary N) is 3. The van der Waals surface area contributed by atoms with Gasteiger partial charge in [0.25, 0.3) is 0 Å². The summed E-state index contributed by atoms with van der Waals surface area (Å²) in [6.07, 6.45) is 1.42. The number of nitrogens with zero attached hydrogens (tertiary/aromatic N) is 3. The third kappa shape index (κ3) is 6.95. The number of hydrogen-bond donors (Lipinski definition) is 3. The van der Waals surface area contributed by atoms with Crippen LogP contribution >= 0.6 is 11.6 Å². The molecule has 3 rings (SSSR count). The number of rotatable bonds is 12. The number of para-hydroxylation sites is 1. The van der Waals surface area contributed by atoms with Crippen molar-refractivity contribution < 1.29 is 17.9 Å². The molecule has 0 atom stereocenters. The van der Waals surface area contributed by atoms with Crippen LogP contribution in [0, 0.1) is 0 Å². The second kappa shape index (κ2) is 12.0. The maximum atomic E-state index is 12.4. The van der Waals surface area contributed by atoms with Crippen molar-refractivity contribution in [2.45, 2.75) is 11.8 Å². The normalized spacial score (nSPS) is 11.4. The predicted molar refractivity (Wildman–Crippen MR) is 138 cm³/mol. The van der Waals surface area contributed by atoms with Crippen LogP contribution in [0.25, 0.3) is 0 Å². The molecule has 188 valence electrons. The molecular weight excluding hydrogens is 492 g/mol. The summed E-state index contributed by atoms with van der Waals surface area (Å²) in [5.74, 6) is 1.70. The first-order valence-electron chi connectivity index (χ1n) is 10.9. The second-order valence-corrected chi connectivity index (χ2v) is 9.71. The molecule has 0 amide bonds. The van der Waals surface area contributed by atoms with Crippen LogP contribution in [-0.4, -0.2) is 64.2 Å². The van der Waals surface area contributed by atoms with Crippen molar-refractivity contribution in [2.24, 2.45) is 0 Å². The molecule has 10 nitrogen and oxygen atoms in total. The maximum absolute atomic E-state index is 12.4. The van der Waals surface area contributed by atoms with Gasteiger partial charge in [0.05, 0.1) is 24.7 Å². The number of halogens is 1. The third-order valence-electron chi connectivity index (χ3n) is 5.14. The molecule has 0 aliphatic rings. The van der Waals surface area contributed by atoms with Gasteiger partial charge in [-0.1, -0.05) is 30.7 Å². The zero-order chi connectivity index (χ0) is 25.4. The van der Waals surface area contributed by atoms with Gasteiger partial charge in [0.1, 0.15) is 28.0 Å². The molecule has 0 spiro atoms. The lowest BCUT2D eigenvalue weighted by atomic mass is 10.2. The summed E-state index contributed by atoms with van der Waals surface area (Å²) in [5, 5.41) is 6.32. The van der Waals surface area contributed by atoms with E-state index < -0.39 is 10.0 Å². The van der Waals surface area contributed by atoms with E-state index in [0.29, 0.717) is 29.5 Å². The number of benzene rings is 2. The van der Waals surface area contributed by atoms with Gasteiger partial charge in [0.15, 0.2) is 5.82 Å². The van der Waals surface area contributed by atoms with Gasteiger partial charge in [-0.15, -0.1) is 0 Å². The quantitative estimate of drug-likeness (QED) is 0.327. The van der Waals surface area contributed by atoms with Gasteiger partial charge in [0, 0.05) is 12.6 Å². The highest BCUT2D eigenvalue weighted by atomic mass is 35.5. The van der Waals surface area contributed by atoms with Gasteiger partial charge in [-0.3, -0.25) is 0 Å². The molecule has 12 heteroatoms. The molecule has 3 aromatic rings. The molecule has 0 saturated carbocycles. The largest absolute Gasteiger partial charge is 0.495 e. The first kappa shape index (κ1) is 26.5. The number of aromatic nitrogens is 2. The van der Waals surface area contributed by atoms with Crippen molar-refractivity contribution in [1.82, 2.24) is 19.6 Å². The first-order chi connectivity index (χ1) is 16.8. The molecule has 0 fully saturated rings. The zero-order valence-corrected chi connectivity index (χ0v) is 21.6. The smallest absolute Gasteiger partial charge is 0.242 e. The summed E-state index contributed by atoms with van der Waals surface area (Å²) < 4.78 is 38.4. The van der Waals surface area contributed by atoms with Gasteiger partial charge >= 0.3 is 0 Å². The van der Waals surface area contributed by atoms with Crippen molar-refractivity contribution in [3.8, 4) is 11.5 Å². The van der Waals surface area contributed by atoms with Crippen LogP contribution in [0.4, 0.5) is 23.1 Å². The lowest BCUT2D eigenvalue weighted by Crippen LogP contribution is -2.23. The summed E-state index contributed by atoms with van der Waals surface area (Å²) >= 11 is 6.30. The third-order valence-corrected chi connectivity index (χ3v) is 6.89. The van der Waals surface area contributed by atoms with Crippen molar-refractivity contribution in [3.05, 3.63) is 53.7 Å². The SMILES string of the molecule is CCN(C)CCOc1ccc(OC)c(Nc2ncc(Cl)c(Nc3ccccc3S(=O)(=O)NC)n2)c1. The zero-order valence-electron chi connectivity index (χ0n) is 20.0. The molecule has 35 heavy (non-hydrogen) atoms. The van der Waals surface area contributed by atoms with Crippen LogP contribution in [0.3, 0.4) is 0 Å². The van der Waals surface area contributed by atoms with Gasteiger partial charge in [-0.2, -0.15) is 4.98 Å². The Balaban J connectivity index is 1.84. The predicted octanol–water partition coefficient (Wildman–Crippen LogP) is 3.86. The number of hydrogen-bond acceptors (Lipinski definition) is 9. The second-order valence-electron chi connectivity index (χ2n) is 7.45. The highest BCUT2D eigenvalue weighted by molar-refractivity contribution is 7.89. The maximum Gasteiger partial charge on any atom is 0.242 e. The first-order valence-corrected chi connectivity index (χ1v) is 12.7. The van der Waals surface area contributed by atoms with E-state index in [9.17, 15) is 8.42 Å². The highest BCUT2D eigenvalue weighted by Gasteiger charge is 2.18. The minimum Gasteiger partial charge on any atom is -0.495 e. The lowest BCUT2D eigenvalue weighted by Gasteiger charge is -2.16. The molecule has 0 bridgehead atoms. The molecule has 0 saturated heterocycles. The topological polar surface area (TPSA) is 118 Å². The standard InChI is InChI=1S/C23H29ClN6O4S/c1-5-30(3)12-13-34-16-10-11-20(33-4)19(14-16)28-23-26-15-17(24)22(29-23)27-18-8-6-7-9-21(18)35(31,32)25-2/h6-11,14-15,25H,5,12-13H2,1-4H3,(H2,26,27,28,29). The summed E-state index contributed by atoms with van der Waals surface area (Å²) in [5.41, 5.74) is 0.915. The fraction of sp³-hybridized carbons (Fsp3) is 0.304. The number of sulfonamides is 1. The van der Waals surface area contributed by atoms with Crippen LogP contribution in [0.1, 0.15) is 6.92 Å². The van der Waals surface area contributed by atoms with Crippen LogP contribution in [0.2, 0.25) is 5.02 Å². The van der Waals surface area contributed by atoms with Crippen molar-refractivity contribution in [3.63, 3.8) is 0 Å². The molecule has 3 N–H and O–H groups in total. The molecule has 1 aromatic heterocycles. The van der Waals surface area contributed by atoms with Gasteiger partial charge < -0.3 is 25.0 Å². The van der Waals surface area contributed by atoms with Crippen molar-refractivity contribution in [2.75, 3.05) is 51.5 Å². The van der Waals surface area contributed by atoms with Crippen molar-refractivity contribution in [1.29, 1.82) is 0 Å². The Morgan fingerprint density at radius 2 is 1.89 bits per heavy atom. The van der Waals surface area contributed by atoms with E-state index in [4.69, 9.17) is 21.1 Å². The van der Waals surface area contributed by atoms with Crippen LogP contribution in [0.15, 0.2) is 53.6 Å². The van der Waals surface area contributed by atoms with E-state index in [1.807, 2.05) is 13.1 Å². The van der Waals surface area contributed by atoms with E-state index in [0.717, 1.165) is 13.1 Å². The molecule has 2 aromatic carbocycles. The minimum absolute atomic E-state index is 0.0620. The van der Waals surface area contributed by atoms with E-state index >= 15 is 0 Å². The number of ether oxygens (including phenoxy) is 2. The van der Waals surface area contributed by atoms with Gasteiger partial charge in [-0.05, 0) is 44.9 Å². The molecular formula is C23H29ClN6O4S. The summed E-state index contributed by atoms with van der Waals surface area (Å²) in [6, 6.07) is 11.8. The number of likely N-dealkylation sites (N-methyl/N-ethyl adjacent to an activating group) is 1. The Labute approximate surface area is 210 Å². The van der Waals surface area contributed by atoms with Crippen LogP contribution < -0.4 is 24.8 Å². The Morgan fingerprint density at radius 3 is 2.60 bits per heavy atom. The van der Waals surface area contributed by atoms with Crippen LogP contribution in [-0.2, 0) is 10.0 Å². The van der Waals surface area contributed by atoms with Crippen molar-refractivity contribution >= 4 is 44.8 Å². The fourth-order valence-electron chi connectivity index (χ4n) is 3.03. The average Bonchev–Trinajstić information content (AvgIpc) is 2.86. The van der Waals surface area contributed by atoms with Gasteiger partial charge in [-0.25, -0.2) is 18.1 Å².